The first-order chi connectivity index (χ1) is 12.1. The topological polar surface area (TPSA) is 85.2 Å². The van der Waals surface area contributed by atoms with Crippen molar-refractivity contribution >= 4 is 28.5 Å². The molecule has 2 aromatic heterocycles. The maximum atomic E-state index is 12.4. The highest BCUT2D eigenvalue weighted by Crippen LogP contribution is 2.23. The third-order valence-corrected chi connectivity index (χ3v) is 3.82. The number of aromatic nitrogens is 2. The number of anilines is 1. The number of fused-ring (bicyclic) bond motifs is 1. The lowest BCUT2D eigenvalue weighted by atomic mass is 10.2. The van der Waals surface area contributed by atoms with Crippen molar-refractivity contribution in [1.29, 1.82) is 0 Å². The molecule has 2 N–H and O–H groups in total. The summed E-state index contributed by atoms with van der Waals surface area (Å²) in [5.41, 5.74) is 1.37. The van der Waals surface area contributed by atoms with Gasteiger partial charge in [-0.15, -0.1) is 0 Å². The molecule has 0 bridgehead atoms. The van der Waals surface area contributed by atoms with Gasteiger partial charge in [0.05, 0.1) is 13.7 Å². The van der Waals surface area contributed by atoms with Crippen LogP contribution in [0.15, 0.2) is 48.7 Å². The van der Waals surface area contributed by atoms with Crippen LogP contribution in [0.5, 0.6) is 5.75 Å². The van der Waals surface area contributed by atoms with Crippen molar-refractivity contribution in [2.75, 3.05) is 19.0 Å². The number of nitrogens with one attached hydrogen (secondary N) is 2. The number of methoxy groups -OCH3 is 1. The summed E-state index contributed by atoms with van der Waals surface area (Å²) in [5, 5.41) is 6.13. The van der Waals surface area contributed by atoms with Gasteiger partial charge in [0.15, 0.2) is 0 Å². The SMILES string of the molecule is COc1ccc2c(c1)cc(C(=O)NCC(=O)Nc1ccccn1)n2C. The number of pyridine rings is 1. The van der Waals surface area contributed by atoms with Gasteiger partial charge in [0, 0.05) is 24.1 Å². The third-order valence-electron chi connectivity index (χ3n) is 3.82. The van der Waals surface area contributed by atoms with E-state index in [0.717, 1.165) is 16.7 Å². The van der Waals surface area contributed by atoms with Crippen LogP contribution in [-0.4, -0.2) is 35.0 Å². The zero-order valence-electron chi connectivity index (χ0n) is 13.9. The van der Waals surface area contributed by atoms with Crippen LogP contribution in [0.1, 0.15) is 10.5 Å². The standard InChI is InChI=1S/C18H18N4O3/c1-22-14-7-6-13(25-2)9-12(14)10-15(22)18(24)20-11-17(23)21-16-5-3-4-8-19-16/h3-10H,11H2,1-2H3,(H,20,24)(H,19,21,23). The predicted molar refractivity (Wildman–Crippen MR) is 94.7 cm³/mol. The van der Waals surface area contributed by atoms with Crippen LogP contribution in [0, 0.1) is 0 Å². The Morgan fingerprint density at radius 3 is 2.76 bits per heavy atom. The zero-order valence-corrected chi connectivity index (χ0v) is 13.9. The molecule has 0 saturated carbocycles. The van der Waals surface area contributed by atoms with Crippen molar-refractivity contribution in [1.82, 2.24) is 14.9 Å². The fraction of sp³-hybridized carbons (Fsp3) is 0.167. The van der Waals surface area contributed by atoms with E-state index in [1.54, 1.807) is 49.2 Å². The van der Waals surface area contributed by atoms with Gasteiger partial charge in [-0.2, -0.15) is 0 Å². The first-order valence-electron chi connectivity index (χ1n) is 7.71. The van der Waals surface area contributed by atoms with Gasteiger partial charge in [0.2, 0.25) is 5.91 Å². The van der Waals surface area contributed by atoms with Crippen LogP contribution >= 0.6 is 0 Å². The molecule has 0 aliphatic heterocycles. The lowest BCUT2D eigenvalue weighted by Crippen LogP contribution is -2.33. The zero-order chi connectivity index (χ0) is 17.8. The second kappa shape index (κ2) is 7.04. The van der Waals surface area contributed by atoms with E-state index in [0.29, 0.717) is 11.5 Å². The van der Waals surface area contributed by atoms with Gasteiger partial charge < -0.3 is 19.9 Å². The van der Waals surface area contributed by atoms with E-state index in [1.165, 1.54) is 0 Å². The van der Waals surface area contributed by atoms with Gasteiger partial charge in [0.1, 0.15) is 17.3 Å². The second-order valence-corrected chi connectivity index (χ2v) is 5.46. The first kappa shape index (κ1) is 16.5. The molecule has 0 spiro atoms. The molecule has 0 aliphatic carbocycles. The molecule has 128 valence electrons. The molecule has 0 unspecified atom stereocenters. The van der Waals surface area contributed by atoms with Gasteiger partial charge in [-0.3, -0.25) is 9.59 Å². The smallest absolute Gasteiger partial charge is 0.268 e. The van der Waals surface area contributed by atoms with E-state index < -0.39 is 0 Å². The molecule has 3 rings (SSSR count). The van der Waals surface area contributed by atoms with E-state index in [2.05, 4.69) is 15.6 Å². The van der Waals surface area contributed by atoms with Crippen LogP contribution in [-0.2, 0) is 11.8 Å². The fourth-order valence-corrected chi connectivity index (χ4v) is 2.55. The molecule has 0 radical (unpaired) electrons. The number of hydrogen-bond donors (Lipinski definition) is 2. The molecular formula is C18H18N4O3. The lowest BCUT2D eigenvalue weighted by molar-refractivity contribution is -0.115. The Labute approximate surface area is 144 Å². The Balaban J connectivity index is 1.68. The van der Waals surface area contributed by atoms with Crippen LogP contribution in [0.25, 0.3) is 10.9 Å². The number of rotatable bonds is 5. The minimum absolute atomic E-state index is 0.139. The molecule has 7 nitrogen and oxygen atoms in total. The largest absolute Gasteiger partial charge is 0.497 e. The molecule has 0 fully saturated rings. The normalized spacial score (nSPS) is 10.5. The van der Waals surface area contributed by atoms with E-state index in [1.807, 2.05) is 18.2 Å². The Morgan fingerprint density at radius 1 is 1.20 bits per heavy atom. The van der Waals surface area contributed by atoms with E-state index in [4.69, 9.17) is 4.74 Å². The quantitative estimate of drug-likeness (QED) is 0.745. The van der Waals surface area contributed by atoms with Crippen molar-refractivity contribution in [3.63, 3.8) is 0 Å². The van der Waals surface area contributed by atoms with Crippen LogP contribution < -0.4 is 15.4 Å². The average molecular weight is 338 g/mol. The Hall–Kier alpha value is -3.35. The molecule has 3 aromatic rings. The van der Waals surface area contributed by atoms with Crippen LogP contribution in [0.3, 0.4) is 0 Å². The summed E-state index contributed by atoms with van der Waals surface area (Å²) >= 11 is 0. The van der Waals surface area contributed by atoms with E-state index >= 15 is 0 Å². The summed E-state index contributed by atoms with van der Waals surface area (Å²) < 4.78 is 6.98. The van der Waals surface area contributed by atoms with Gasteiger partial charge in [-0.05, 0) is 36.4 Å². The summed E-state index contributed by atoms with van der Waals surface area (Å²) in [7, 11) is 3.40. The first-order valence-corrected chi connectivity index (χ1v) is 7.71. The molecule has 2 heterocycles. The number of hydrogen-bond acceptors (Lipinski definition) is 4. The number of amides is 2. The van der Waals surface area contributed by atoms with Gasteiger partial charge in [0.25, 0.3) is 5.91 Å². The van der Waals surface area contributed by atoms with Crippen molar-refractivity contribution in [3.05, 3.63) is 54.4 Å². The molecule has 25 heavy (non-hydrogen) atoms. The average Bonchev–Trinajstić information content (AvgIpc) is 2.96. The highest BCUT2D eigenvalue weighted by molar-refractivity contribution is 6.01. The molecule has 0 atom stereocenters. The molecule has 1 aromatic carbocycles. The minimum Gasteiger partial charge on any atom is -0.497 e. The number of ether oxygens (including phenoxy) is 1. The molecule has 0 saturated heterocycles. The lowest BCUT2D eigenvalue weighted by Gasteiger charge is -2.07. The molecule has 7 heteroatoms. The number of carbonyl (C=O) groups is 2. The van der Waals surface area contributed by atoms with Crippen molar-refractivity contribution in [2.45, 2.75) is 0 Å². The summed E-state index contributed by atoms with van der Waals surface area (Å²) in [6, 6.07) is 12.6. The molecule has 2 amide bonds. The Bertz CT molecular complexity index is 919. The van der Waals surface area contributed by atoms with Crippen LogP contribution in [0.2, 0.25) is 0 Å². The number of aryl methyl sites for hydroxylation is 1. The highest BCUT2D eigenvalue weighted by Gasteiger charge is 2.15. The predicted octanol–water partition coefficient (Wildman–Crippen LogP) is 1.95. The van der Waals surface area contributed by atoms with E-state index in [-0.39, 0.29) is 18.4 Å². The third kappa shape index (κ3) is 3.60. The summed E-state index contributed by atoms with van der Waals surface area (Å²) in [5.74, 6) is 0.500. The Kier molecular flexibility index (Phi) is 4.65. The molecular weight excluding hydrogens is 320 g/mol. The van der Waals surface area contributed by atoms with Gasteiger partial charge in [-0.1, -0.05) is 6.07 Å². The molecule has 0 aliphatic rings. The van der Waals surface area contributed by atoms with Crippen LogP contribution in [0.4, 0.5) is 5.82 Å². The van der Waals surface area contributed by atoms with Crippen molar-refractivity contribution in [3.8, 4) is 5.75 Å². The number of carbonyl (C=O) groups excluding carboxylic acids is 2. The van der Waals surface area contributed by atoms with Crippen molar-refractivity contribution < 1.29 is 14.3 Å². The van der Waals surface area contributed by atoms with E-state index in [9.17, 15) is 9.59 Å². The fourth-order valence-electron chi connectivity index (χ4n) is 2.55. The van der Waals surface area contributed by atoms with Gasteiger partial charge in [-0.25, -0.2) is 4.98 Å². The minimum atomic E-state index is -0.340. The second-order valence-electron chi connectivity index (χ2n) is 5.46. The van der Waals surface area contributed by atoms with Crippen molar-refractivity contribution in [2.24, 2.45) is 7.05 Å². The highest BCUT2D eigenvalue weighted by atomic mass is 16.5. The maximum Gasteiger partial charge on any atom is 0.268 e. The number of benzene rings is 1. The summed E-state index contributed by atoms with van der Waals surface area (Å²) in [6.45, 7) is -0.139. The number of nitrogens with zero attached hydrogens (tertiary/aromatic N) is 2. The Morgan fingerprint density at radius 2 is 2.04 bits per heavy atom. The van der Waals surface area contributed by atoms with Gasteiger partial charge >= 0.3 is 0 Å². The summed E-state index contributed by atoms with van der Waals surface area (Å²) in [4.78, 5) is 28.3. The summed E-state index contributed by atoms with van der Waals surface area (Å²) in [6.07, 6.45) is 1.58. The monoisotopic (exact) mass is 338 g/mol. The maximum absolute atomic E-state index is 12.4.